The topological polar surface area (TPSA) is 49.3 Å². The molecule has 0 spiro atoms. The first-order chi connectivity index (χ1) is 13.2. The lowest BCUT2D eigenvalue weighted by Crippen LogP contribution is -2.46. The second-order valence-electron chi connectivity index (χ2n) is 6.79. The molecule has 2 aliphatic rings. The molecule has 6 nitrogen and oxygen atoms in total. The lowest BCUT2D eigenvalue weighted by Gasteiger charge is -2.32. The van der Waals surface area contributed by atoms with E-state index in [4.69, 9.17) is 32.7 Å². The smallest absolute Gasteiger partial charge is 0.193 e. The Balaban J connectivity index is 0.00000280. The van der Waals surface area contributed by atoms with Crippen LogP contribution in [-0.2, 0) is 4.74 Å². The van der Waals surface area contributed by atoms with Crippen LogP contribution in [0.2, 0.25) is 10.0 Å². The molecule has 2 saturated heterocycles. The number of likely N-dealkylation sites (tertiary alicyclic amines) is 1. The van der Waals surface area contributed by atoms with Crippen molar-refractivity contribution in [3.63, 3.8) is 0 Å². The first-order valence-electron chi connectivity index (χ1n) is 9.52. The monoisotopic (exact) mass is 542 g/mol. The Labute approximate surface area is 194 Å². The fourth-order valence-electron chi connectivity index (χ4n) is 3.55. The van der Waals surface area contributed by atoms with E-state index in [1.54, 1.807) is 18.2 Å². The Hall–Kier alpha value is -0.480. The predicted octanol–water partition coefficient (Wildman–Crippen LogP) is 3.36. The van der Waals surface area contributed by atoms with Crippen molar-refractivity contribution in [2.75, 3.05) is 59.6 Å². The molecule has 0 amide bonds. The second-order valence-corrected chi connectivity index (χ2v) is 7.63. The van der Waals surface area contributed by atoms with Gasteiger partial charge in [0.15, 0.2) is 5.96 Å². The van der Waals surface area contributed by atoms with Crippen LogP contribution >= 0.6 is 47.2 Å². The van der Waals surface area contributed by atoms with Crippen molar-refractivity contribution >= 4 is 53.1 Å². The Morgan fingerprint density at radius 2 is 2.07 bits per heavy atom. The van der Waals surface area contributed by atoms with Crippen molar-refractivity contribution in [2.45, 2.75) is 18.9 Å². The number of halogens is 3. The molecule has 2 fully saturated rings. The van der Waals surface area contributed by atoms with E-state index < -0.39 is 0 Å². The number of nitrogens with zero attached hydrogens (tertiary/aromatic N) is 3. The van der Waals surface area contributed by atoms with Gasteiger partial charge in [-0.1, -0.05) is 23.2 Å². The van der Waals surface area contributed by atoms with Crippen LogP contribution in [0.3, 0.4) is 0 Å². The van der Waals surface area contributed by atoms with Gasteiger partial charge in [-0.3, -0.25) is 9.89 Å². The van der Waals surface area contributed by atoms with Crippen LogP contribution in [0.15, 0.2) is 23.2 Å². The van der Waals surface area contributed by atoms with E-state index >= 15 is 0 Å². The summed E-state index contributed by atoms with van der Waals surface area (Å²) in [5, 5.41) is 4.59. The Morgan fingerprint density at radius 1 is 1.29 bits per heavy atom. The molecule has 1 unspecified atom stereocenters. The highest BCUT2D eigenvalue weighted by Gasteiger charge is 2.30. The average molecular weight is 543 g/mol. The maximum atomic E-state index is 6.12. The standard InChI is InChI=1S/C19H28Cl2N4O2.HI/c1-22-19(25-7-5-16(14-25)24-8-11-26-12-9-24)23-6-2-10-27-18-4-3-15(20)13-17(18)21;/h3-4,13,16H,2,5-12,14H2,1H3,(H,22,23);1H. The number of rotatable bonds is 6. The molecule has 0 radical (unpaired) electrons. The molecule has 0 bridgehead atoms. The molecule has 9 heteroatoms. The van der Waals surface area contributed by atoms with E-state index in [0.717, 1.165) is 58.3 Å². The summed E-state index contributed by atoms with van der Waals surface area (Å²) in [6.07, 6.45) is 2.04. The van der Waals surface area contributed by atoms with Gasteiger partial charge in [0, 0.05) is 50.8 Å². The number of benzene rings is 1. The average Bonchev–Trinajstić information content (AvgIpc) is 3.17. The molecule has 2 heterocycles. The Bertz CT molecular complexity index is 644. The molecule has 28 heavy (non-hydrogen) atoms. The molecule has 1 atom stereocenters. The number of hydrogen-bond acceptors (Lipinski definition) is 4. The third-order valence-electron chi connectivity index (χ3n) is 4.99. The highest BCUT2D eigenvalue weighted by Crippen LogP contribution is 2.27. The number of morpholine rings is 1. The van der Waals surface area contributed by atoms with Gasteiger partial charge in [0.25, 0.3) is 0 Å². The van der Waals surface area contributed by atoms with E-state index in [1.807, 2.05) is 7.05 Å². The summed E-state index contributed by atoms with van der Waals surface area (Å²) in [6.45, 7) is 7.22. The van der Waals surface area contributed by atoms with Crippen molar-refractivity contribution in [3.8, 4) is 5.75 Å². The van der Waals surface area contributed by atoms with Gasteiger partial charge < -0.3 is 19.7 Å². The lowest BCUT2D eigenvalue weighted by atomic mass is 10.2. The quantitative estimate of drug-likeness (QED) is 0.258. The summed E-state index contributed by atoms with van der Waals surface area (Å²) < 4.78 is 11.2. The largest absolute Gasteiger partial charge is 0.492 e. The van der Waals surface area contributed by atoms with E-state index in [-0.39, 0.29) is 24.0 Å². The zero-order chi connectivity index (χ0) is 19.1. The van der Waals surface area contributed by atoms with Gasteiger partial charge in [-0.25, -0.2) is 0 Å². The summed E-state index contributed by atoms with van der Waals surface area (Å²) >= 11 is 12.0. The maximum absolute atomic E-state index is 6.12. The SMILES string of the molecule is CN=C(NCCCOc1ccc(Cl)cc1Cl)N1CCC(N2CCOCC2)C1.I. The van der Waals surface area contributed by atoms with Crippen molar-refractivity contribution < 1.29 is 9.47 Å². The van der Waals surface area contributed by atoms with Crippen LogP contribution in [0, 0.1) is 0 Å². The minimum Gasteiger partial charge on any atom is -0.492 e. The van der Waals surface area contributed by atoms with Gasteiger partial charge in [-0.15, -0.1) is 24.0 Å². The molecule has 1 N–H and O–H groups in total. The summed E-state index contributed by atoms with van der Waals surface area (Å²) in [5.41, 5.74) is 0. The zero-order valence-corrected chi connectivity index (χ0v) is 20.0. The highest BCUT2D eigenvalue weighted by atomic mass is 127. The molecule has 2 aliphatic heterocycles. The van der Waals surface area contributed by atoms with Crippen LogP contribution < -0.4 is 10.1 Å². The third kappa shape index (κ3) is 6.79. The molecule has 0 saturated carbocycles. The third-order valence-corrected chi connectivity index (χ3v) is 5.52. The number of ether oxygens (including phenoxy) is 2. The molecule has 1 aromatic rings. The van der Waals surface area contributed by atoms with E-state index in [1.165, 1.54) is 6.42 Å². The Kier molecular flexibility index (Phi) is 10.4. The molecule has 3 rings (SSSR count). The lowest BCUT2D eigenvalue weighted by molar-refractivity contribution is 0.0195. The first kappa shape index (κ1) is 23.8. The van der Waals surface area contributed by atoms with Gasteiger partial charge in [-0.05, 0) is 31.0 Å². The van der Waals surface area contributed by atoms with Gasteiger partial charge in [0.2, 0.25) is 0 Å². The number of hydrogen-bond donors (Lipinski definition) is 1. The molecule has 0 aliphatic carbocycles. The van der Waals surface area contributed by atoms with Crippen molar-refractivity contribution in [1.29, 1.82) is 0 Å². The maximum Gasteiger partial charge on any atom is 0.193 e. The number of aliphatic imine (C=N–C) groups is 1. The first-order valence-corrected chi connectivity index (χ1v) is 10.3. The van der Waals surface area contributed by atoms with Crippen molar-refractivity contribution in [2.24, 2.45) is 4.99 Å². The molecule has 1 aromatic carbocycles. The van der Waals surface area contributed by atoms with Gasteiger partial charge in [-0.2, -0.15) is 0 Å². The van der Waals surface area contributed by atoms with Crippen LogP contribution in [0.25, 0.3) is 0 Å². The second kappa shape index (κ2) is 12.3. The Morgan fingerprint density at radius 3 is 2.79 bits per heavy atom. The van der Waals surface area contributed by atoms with Crippen molar-refractivity contribution in [1.82, 2.24) is 15.1 Å². The number of guanidine groups is 1. The van der Waals surface area contributed by atoms with Crippen LogP contribution in [-0.4, -0.2) is 81.4 Å². The minimum atomic E-state index is 0. The van der Waals surface area contributed by atoms with Crippen LogP contribution in [0.4, 0.5) is 0 Å². The summed E-state index contributed by atoms with van der Waals surface area (Å²) in [5.74, 6) is 1.63. The van der Waals surface area contributed by atoms with Crippen LogP contribution in [0.5, 0.6) is 5.75 Å². The predicted molar refractivity (Wildman–Crippen MR) is 126 cm³/mol. The molecule has 158 valence electrons. The fourth-order valence-corrected chi connectivity index (χ4v) is 4.02. The van der Waals surface area contributed by atoms with Gasteiger partial charge >= 0.3 is 0 Å². The fraction of sp³-hybridized carbons (Fsp3) is 0.632. The number of nitrogens with one attached hydrogen (secondary N) is 1. The molecule has 0 aromatic heterocycles. The summed E-state index contributed by atoms with van der Waals surface area (Å²) in [7, 11) is 1.84. The van der Waals surface area contributed by atoms with E-state index in [0.29, 0.717) is 28.4 Å². The highest BCUT2D eigenvalue weighted by molar-refractivity contribution is 14.0. The molecular formula is C19H29Cl2IN4O2. The van der Waals surface area contributed by atoms with Gasteiger partial charge in [0.1, 0.15) is 5.75 Å². The summed E-state index contributed by atoms with van der Waals surface area (Å²) in [4.78, 5) is 9.33. The molecular weight excluding hydrogens is 514 g/mol. The van der Waals surface area contributed by atoms with Crippen molar-refractivity contribution in [3.05, 3.63) is 28.2 Å². The normalized spacial score (nSPS) is 20.8. The summed E-state index contributed by atoms with van der Waals surface area (Å²) in [6, 6.07) is 5.87. The van der Waals surface area contributed by atoms with Crippen LogP contribution in [0.1, 0.15) is 12.8 Å². The van der Waals surface area contributed by atoms with E-state index in [9.17, 15) is 0 Å². The van der Waals surface area contributed by atoms with Gasteiger partial charge in [0.05, 0.1) is 24.8 Å². The minimum absolute atomic E-state index is 0. The zero-order valence-electron chi connectivity index (χ0n) is 16.2. The van der Waals surface area contributed by atoms with E-state index in [2.05, 4.69) is 20.1 Å².